The molecule has 0 spiro atoms. The van der Waals surface area contributed by atoms with Gasteiger partial charge in [0, 0.05) is 22.5 Å². The van der Waals surface area contributed by atoms with Crippen molar-refractivity contribution in [3.05, 3.63) is 64.7 Å². The van der Waals surface area contributed by atoms with E-state index in [-0.39, 0.29) is 5.91 Å². The number of nitrogens with two attached hydrogens (primary N) is 1. The highest BCUT2D eigenvalue weighted by Gasteiger charge is 1.99. The van der Waals surface area contributed by atoms with Gasteiger partial charge in [-0.2, -0.15) is 0 Å². The Morgan fingerprint density at radius 1 is 1.25 bits per heavy atom. The summed E-state index contributed by atoms with van der Waals surface area (Å²) in [6.45, 7) is 1.94. The highest BCUT2D eigenvalue weighted by Crippen LogP contribution is 2.16. The summed E-state index contributed by atoms with van der Waals surface area (Å²) in [6, 6.07) is 12.7. The Bertz CT molecular complexity index is 665. The third-order valence-corrected chi connectivity index (χ3v) is 3.06. The molecule has 0 saturated heterocycles. The van der Waals surface area contributed by atoms with Gasteiger partial charge in [0.05, 0.1) is 0 Å². The lowest BCUT2D eigenvalue weighted by Gasteiger charge is -2.03. The number of hydrogen-bond donors (Lipinski definition) is 2. The van der Waals surface area contributed by atoms with Gasteiger partial charge in [-0.15, -0.1) is 0 Å². The molecule has 0 aliphatic rings. The maximum atomic E-state index is 11.8. The predicted octanol–water partition coefficient (Wildman–Crippen LogP) is 3.88. The fraction of sp³-hybridized carbons (Fsp3) is 0.0625. The summed E-state index contributed by atoms with van der Waals surface area (Å²) in [6.07, 6.45) is 3.18. The lowest BCUT2D eigenvalue weighted by molar-refractivity contribution is -0.111. The fourth-order valence-corrected chi connectivity index (χ4v) is 1.87. The number of rotatable bonds is 3. The Morgan fingerprint density at radius 3 is 2.75 bits per heavy atom. The standard InChI is InChI=1S/C16H15ClN2O/c1-11-5-6-12(9-15(11)18)7-8-16(20)19-14-4-2-3-13(17)10-14/h2-10H,18H2,1H3,(H,19,20)/b8-7+. The van der Waals surface area contributed by atoms with Crippen LogP contribution < -0.4 is 11.1 Å². The Hall–Kier alpha value is -2.26. The van der Waals surface area contributed by atoms with Crippen molar-refractivity contribution >= 4 is 35.0 Å². The van der Waals surface area contributed by atoms with Gasteiger partial charge >= 0.3 is 0 Å². The zero-order chi connectivity index (χ0) is 14.5. The van der Waals surface area contributed by atoms with Crippen LogP contribution in [-0.2, 0) is 4.79 Å². The first-order valence-electron chi connectivity index (χ1n) is 6.15. The third-order valence-electron chi connectivity index (χ3n) is 2.82. The topological polar surface area (TPSA) is 55.1 Å². The van der Waals surface area contributed by atoms with E-state index < -0.39 is 0 Å². The van der Waals surface area contributed by atoms with E-state index in [1.54, 1.807) is 30.3 Å². The lowest BCUT2D eigenvalue weighted by Crippen LogP contribution is -2.07. The predicted molar refractivity (Wildman–Crippen MR) is 84.7 cm³/mol. The Balaban J connectivity index is 2.03. The van der Waals surface area contributed by atoms with Gasteiger partial charge in [-0.3, -0.25) is 4.79 Å². The number of carbonyl (C=O) groups excluding carboxylic acids is 1. The van der Waals surface area contributed by atoms with Gasteiger partial charge in [0.2, 0.25) is 5.91 Å². The summed E-state index contributed by atoms with van der Waals surface area (Å²) >= 11 is 5.85. The maximum absolute atomic E-state index is 11.8. The number of aryl methyl sites for hydroxylation is 1. The number of nitrogens with one attached hydrogen (secondary N) is 1. The van der Waals surface area contributed by atoms with Crippen LogP contribution in [0.25, 0.3) is 6.08 Å². The molecule has 2 rings (SSSR count). The van der Waals surface area contributed by atoms with Crippen LogP contribution >= 0.6 is 11.6 Å². The number of halogens is 1. The second kappa shape index (κ2) is 6.26. The summed E-state index contributed by atoms with van der Waals surface area (Å²) in [5.41, 5.74) is 9.09. The molecule has 0 aliphatic heterocycles. The number of nitrogen functional groups attached to an aromatic ring is 1. The summed E-state index contributed by atoms with van der Waals surface area (Å²) in [5, 5.41) is 3.32. The van der Waals surface area contributed by atoms with Crippen LogP contribution in [0.5, 0.6) is 0 Å². The zero-order valence-corrected chi connectivity index (χ0v) is 11.8. The van der Waals surface area contributed by atoms with Crippen molar-refractivity contribution in [1.29, 1.82) is 0 Å². The molecule has 3 nitrogen and oxygen atoms in total. The molecule has 0 unspecified atom stereocenters. The van der Waals surface area contributed by atoms with Crippen LogP contribution in [0.3, 0.4) is 0 Å². The van der Waals surface area contributed by atoms with Crippen molar-refractivity contribution in [2.45, 2.75) is 6.92 Å². The Kier molecular flexibility index (Phi) is 4.43. The Labute approximate surface area is 123 Å². The molecule has 4 heteroatoms. The molecule has 0 aromatic heterocycles. The number of carbonyl (C=O) groups is 1. The minimum atomic E-state index is -0.216. The molecule has 2 aromatic carbocycles. The molecule has 1 amide bonds. The SMILES string of the molecule is Cc1ccc(/C=C/C(=O)Nc2cccc(Cl)c2)cc1N. The minimum Gasteiger partial charge on any atom is -0.398 e. The largest absolute Gasteiger partial charge is 0.398 e. The number of anilines is 2. The molecule has 2 aromatic rings. The van der Waals surface area contributed by atoms with Crippen molar-refractivity contribution in [2.24, 2.45) is 0 Å². The van der Waals surface area contributed by atoms with E-state index in [0.29, 0.717) is 16.4 Å². The highest BCUT2D eigenvalue weighted by atomic mass is 35.5. The van der Waals surface area contributed by atoms with E-state index in [2.05, 4.69) is 5.32 Å². The van der Waals surface area contributed by atoms with E-state index >= 15 is 0 Å². The summed E-state index contributed by atoms with van der Waals surface area (Å²) in [5.74, 6) is -0.216. The molecular weight excluding hydrogens is 272 g/mol. The van der Waals surface area contributed by atoms with Crippen LogP contribution in [0.15, 0.2) is 48.5 Å². The molecule has 102 valence electrons. The minimum absolute atomic E-state index is 0.216. The van der Waals surface area contributed by atoms with E-state index in [4.69, 9.17) is 17.3 Å². The van der Waals surface area contributed by atoms with Crippen molar-refractivity contribution in [3.63, 3.8) is 0 Å². The molecular formula is C16H15ClN2O. The van der Waals surface area contributed by atoms with Gasteiger partial charge < -0.3 is 11.1 Å². The molecule has 20 heavy (non-hydrogen) atoms. The number of benzene rings is 2. The first-order chi connectivity index (χ1) is 9.54. The normalized spacial score (nSPS) is 10.7. The highest BCUT2D eigenvalue weighted by molar-refractivity contribution is 6.30. The Morgan fingerprint density at radius 2 is 2.05 bits per heavy atom. The van der Waals surface area contributed by atoms with E-state index in [0.717, 1.165) is 11.1 Å². The molecule has 0 heterocycles. The second-order valence-corrected chi connectivity index (χ2v) is 4.89. The van der Waals surface area contributed by atoms with E-state index in [9.17, 15) is 4.79 Å². The van der Waals surface area contributed by atoms with Crippen molar-refractivity contribution in [3.8, 4) is 0 Å². The lowest BCUT2D eigenvalue weighted by atomic mass is 10.1. The van der Waals surface area contributed by atoms with Crippen molar-refractivity contribution in [2.75, 3.05) is 11.1 Å². The summed E-state index contributed by atoms with van der Waals surface area (Å²) < 4.78 is 0. The van der Waals surface area contributed by atoms with Crippen molar-refractivity contribution < 1.29 is 4.79 Å². The first kappa shape index (κ1) is 14.2. The quantitative estimate of drug-likeness (QED) is 0.664. The van der Waals surface area contributed by atoms with Gasteiger partial charge in [-0.1, -0.05) is 29.8 Å². The van der Waals surface area contributed by atoms with Crippen LogP contribution in [-0.4, -0.2) is 5.91 Å². The zero-order valence-electron chi connectivity index (χ0n) is 11.1. The smallest absolute Gasteiger partial charge is 0.248 e. The van der Waals surface area contributed by atoms with Gasteiger partial charge in [-0.05, 0) is 48.4 Å². The average Bonchev–Trinajstić information content (AvgIpc) is 2.40. The van der Waals surface area contributed by atoms with Crippen LogP contribution in [0.1, 0.15) is 11.1 Å². The molecule has 3 N–H and O–H groups in total. The van der Waals surface area contributed by atoms with Crippen LogP contribution in [0.4, 0.5) is 11.4 Å². The summed E-state index contributed by atoms with van der Waals surface area (Å²) in [7, 11) is 0. The number of hydrogen-bond acceptors (Lipinski definition) is 2. The van der Waals surface area contributed by atoms with Crippen molar-refractivity contribution in [1.82, 2.24) is 0 Å². The van der Waals surface area contributed by atoms with E-state index in [1.807, 2.05) is 25.1 Å². The van der Waals surface area contributed by atoms with Gasteiger partial charge in [0.25, 0.3) is 0 Å². The molecule has 0 saturated carbocycles. The van der Waals surface area contributed by atoms with Gasteiger partial charge in [-0.25, -0.2) is 0 Å². The van der Waals surface area contributed by atoms with Gasteiger partial charge in [0.1, 0.15) is 0 Å². The first-order valence-corrected chi connectivity index (χ1v) is 6.53. The second-order valence-electron chi connectivity index (χ2n) is 4.45. The molecule has 0 radical (unpaired) electrons. The maximum Gasteiger partial charge on any atom is 0.248 e. The molecule has 0 atom stereocenters. The van der Waals surface area contributed by atoms with Crippen LogP contribution in [0.2, 0.25) is 5.02 Å². The van der Waals surface area contributed by atoms with E-state index in [1.165, 1.54) is 6.08 Å². The van der Waals surface area contributed by atoms with Gasteiger partial charge in [0.15, 0.2) is 0 Å². The number of amides is 1. The molecule has 0 aliphatic carbocycles. The van der Waals surface area contributed by atoms with Crippen LogP contribution in [0, 0.1) is 6.92 Å². The average molecular weight is 287 g/mol. The monoisotopic (exact) mass is 286 g/mol. The molecule has 0 bridgehead atoms. The third kappa shape index (κ3) is 3.87. The summed E-state index contributed by atoms with van der Waals surface area (Å²) in [4.78, 5) is 11.8. The molecule has 0 fully saturated rings. The fourth-order valence-electron chi connectivity index (χ4n) is 1.68.